The number of anilines is 1. The molecule has 0 saturated heterocycles. The van der Waals surface area contributed by atoms with E-state index in [0.29, 0.717) is 21.8 Å². The molecule has 3 aromatic carbocycles. The van der Waals surface area contributed by atoms with Crippen LogP contribution in [0.25, 0.3) is 10.9 Å². The topological polar surface area (TPSA) is 69.8 Å². The molecule has 4 aromatic rings. The number of nitriles is 1. The zero-order valence-electron chi connectivity index (χ0n) is 17.6. The molecule has 9 heteroatoms. The third-order valence-electron chi connectivity index (χ3n) is 5.25. The van der Waals surface area contributed by atoms with Crippen molar-refractivity contribution in [1.82, 2.24) is 9.88 Å². The number of rotatable bonds is 5. The van der Waals surface area contributed by atoms with Crippen molar-refractivity contribution in [2.75, 3.05) is 5.32 Å². The Morgan fingerprint density at radius 2 is 1.76 bits per heavy atom. The van der Waals surface area contributed by atoms with Gasteiger partial charge in [0.2, 0.25) is 0 Å². The Morgan fingerprint density at radius 3 is 2.41 bits per heavy atom. The number of amides is 2. The Morgan fingerprint density at radius 1 is 1.06 bits per heavy atom. The SMILES string of the molecule is N#Cc1ccc2c(C(NC(=O)Nc3ccccc3)C(F)(F)F)cn(Cc3ccc(Cl)cc3)c2c1. The summed E-state index contributed by atoms with van der Waals surface area (Å²) in [6.07, 6.45) is -3.40. The summed E-state index contributed by atoms with van der Waals surface area (Å²) in [5.41, 5.74) is 1.82. The van der Waals surface area contributed by atoms with Crippen LogP contribution in [0.2, 0.25) is 5.02 Å². The number of fused-ring (bicyclic) bond motifs is 1. The van der Waals surface area contributed by atoms with Crippen molar-refractivity contribution in [3.63, 3.8) is 0 Å². The molecule has 2 amide bonds. The van der Waals surface area contributed by atoms with Gasteiger partial charge < -0.3 is 15.2 Å². The molecule has 0 saturated carbocycles. The number of carbonyl (C=O) groups excluding carboxylic acids is 1. The van der Waals surface area contributed by atoms with Crippen LogP contribution in [0, 0.1) is 11.3 Å². The minimum Gasteiger partial charge on any atom is -0.343 e. The van der Waals surface area contributed by atoms with Gasteiger partial charge in [-0.2, -0.15) is 18.4 Å². The minimum absolute atomic E-state index is 0.121. The summed E-state index contributed by atoms with van der Waals surface area (Å²) in [7, 11) is 0. The first-order valence-electron chi connectivity index (χ1n) is 10.2. The summed E-state index contributed by atoms with van der Waals surface area (Å²) < 4.78 is 44.0. The normalized spacial score (nSPS) is 12.2. The lowest BCUT2D eigenvalue weighted by molar-refractivity contribution is -0.154. The monoisotopic (exact) mass is 482 g/mol. The first-order valence-corrected chi connectivity index (χ1v) is 10.6. The van der Waals surface area contributed by atoms with Crippen LogP contribution in [0.5, 0.6) is 0 Å². The number of para-hydroxylation sites is 1. The number of urea groups is 1. The molecule has 0 aliphatic rings. The summed E-state index contributed by atoms with van der Waals surface area (Å²) in [5.74, 6) is 0. The van der Waals surface area contributed by atoms with Crippen molar-refractivity contribution in [2.45, 2.75) is 18.8 Å². The van der Waals surface area contributed by atoms with Crippen LogP contribution in [-0.2, 0) is 6.54 Å². The highest BCUT2D eigenvalue weighted by atomic mass is 35.5. The van der Waals surface area contributed by atoms with Crippen molar-refractivity contribution in [3.05, 3.63) is 101 Å². The van der Waals surface area contributed by atoms with Gasteiger partial charge in [-0.05, 0) is 42.0 Å². The van der Waals surface area contributed by atoms with E-state index in [-0.39, 0.29) is 17.5 Å². The van der Waals surface area contributed by atoms with E-state index in [9.17, 15) is 23.2 Å². The second-order valence-corrected chi connectivity index (χ2v) is 8.06. The van der Waals surface area contributed by atoms with Gasteiger partial charge in [-0.15, -0.1) is 0 Å². The third-order valence-corrected chi connectivity index (χ3v) is 5.51. The fraction of sp³-hybridized carbons (Fsp3) is 0.120. The van der Waals surface area contributed by atoms with Gasteiger partial charge in [-0.1, -0.05) is 48.0 Å². The number of alkyl halides is 3. The summed E-state index contributed by atoms with van der Waals surface area (Å²) in [6, 6.07) is 18.3. The summed E-state index contributed by atoms with van der Waals surface area (Å²) in [6.45, 7) is 0.253. The molecule has 0 aliphatic carbocycles. The fourth-order valence-electron chi connectivity index (χ4n) is 3.69. The zero-order chi connectivity index (χ0) is 24.3. The minimum atomic E-state index is -4.76. The maximum atomic E-state index is 14.1. The standard InChI is InChI=1S/C25H18ClF3N4O/c26-18-9-6-16(7-10-18)14-33-15-21(20-11-8-17(13-30)12-22(20)33)23(25(27,28)29)32-24(34)31-19-4-2-1-3-5-19/h1-12,15,23H,14H2,(H2,31,32,34). The van der Waals surface area contributed by atoms with E-state index in [0.717, 1.165) is 5.56 Å². The van der Waals surface area contributed by atoms with Crippen LogP contribution in [-0.4, -0.2) is 16.8 Å². The number of aromatic nitrogens is 1. The number of hydrogen-bond donors (Lipinski definition) is 2. The van der Waals surface area contributed by atoms with Gasteiger partial charge >= 0.3 is 12.2 Å². The molecule has 0 bridgehead atoms. The molecule has 0 fully saturated rings. The molecule has 1 heterocycles. The largest absolute Gasteiger partial charge is 0.413 e. The molecule has 172 valence electrons. The van der Waals surface area contributed by atoms with Crippen LogP contribution in [0.4, 0.5) is 23.7 Å². The van der Waals surface area contributed by atoms with Crippen molar-refractivity contribution in [3.8, 4) is 6.07 Å². The van der Waals surface area contributed by atoms with Gasteiger partial charge in [0.25, 0.3) is 0 Å². The molecule has 34 heavy (non-hydrogen) atoms. The van der Waals surface area contributed by atoms with Crippen molar-refractivity contribution in [2.24, 2.45) is 0 Å². The van der Waals surface area contributed by atoms with Crippen LogP contribution in [0.15, 0.2) is 79.0 Å². The first kappa shape index (κ1) is 23.2. The number of nitrogens with zero attached hydrogens (tertiary/aromatic N) is 2. The van der Waals surface area contributed by atoms with Crippen LogP contribution >= 0.6 is 11.6 Å². The summed E-state index contributed by atoms with van der Waals surface area (Å²) >= 11 is 5.94. The third kappa shape index (κ3) is 5.16. The predicted molar refractivity (Wildman–Crippen MR) is 125 cm³/mol. The van der Waals surface area contributed by atoms with E-state index in [1.807, 2.05) is 6.07 Å². The highest BCUT2D eigenvalue weighted by Crippen LogP contribution is 2.38. The average Bonchev–Trinajstić information content (AvgIpc) is 3.16. The molecule has 2 N–H and O–H groups in total. The number of nitrogens with one attached hydrogen (secondary N) is 2. The van der Waals surface area contributed by atoms with E-state index >= 15 is 0 Å². The van der Waals surface area contributed by atoms with Gasteiger partial charge in [0.05, 0.1) is 11.6 Å². The maximum absolute atomic E-state index is 14.1. The van der Waals surface area contributed by atoms with Crippen molar-refractivity contribution < 1.29 is 18.0 Å². The van der Waals surface area contributed by atoms with Gasteiger partial charge in [0.15, 0.2) is 6.04 Å². The van der Waals surface area contributed by atoms with Crippen LogP contribution in [0.1, 0.15) is 22.7 Å². The molecule has 1 aromatic heterocycles. The molecule has 5 nitrogen and oxygen atoms in total. The van der Waals surface area contributed by atoms with Crippen molar-refractivity contribution >= 4 is 34.2 Å². The highest BCUT2D eigenvalue weighted by molar-refractivity contribution is 6.30. The molecule has 1 unspecified atom stereocenters. The van der Waals surface area contributed by atoms with E-state index < -0.39 is 18.2 Å². The second kappa shape index (κ2) is 9.49. The molecular weight excluding hydrogens is 465 g/mol. The number of carbonyl (C=O) groups is 1. The second-order valence-electron chi connectivity index (χ2n) is 7.62. The Hall–Kier alpha value is -3.96. The van der Waals surface area contributed by atoms with Crippen LogP contribution in [0.3, 0.4) is 0 Å². The Bertz CT molecular complexity index is 1360. The maximum Gasteiger partial charge on any atom is 0.413 e. The predicted octanol–water partition coefficient (Wildman–Crippen LogP) is 6.64. The molecule has 4 rings (SSSR count). The van der Waals surface area contributed by atoms with Crippen molar-refractivity contribution in [1.29, 1.82) is 5.26 Å². The molecule has 0 aliphatic heterocycles. The van der Waals surface area contributed by atoms with Gasteiger partial charge in [0.1, 0.15) is 0 Å². The lowest BCUT2D eigenvalue weighted by Gasteiger charge is -2.21. The molecule has 1 atom stereocenters. The number of halogens is 4. The van der Waals surface area contributed by atoms with Gasteiger partial charge in [0, 0.05) is 39.9 Å². The van der Waals surface area contributed by atoms with E-state index in [4.69, 9.17) is 11.6 Å². The van der Waals surface area contributed by atoms with E-state index in [1.54, 1.807) is 59.2 Å². The number of hydrogen-bond acceptors (Lipinski definition) is 2. The number of benzene rings is 3. The zero-order valence-corrected chi connectivity index (χ0v) is 18.4. The molecular formula is C25H18ClF3N4O. The summed E-state index contributed by atoms with van der Waals surface area (Å²) in [4.78, 5) is 12.4. The lowest BCUT2D eigenvalue weighted by Crippen LogP contribution is -2.40. The smallest absolute Gasteiger partial charge is 0.343 e. The Kier molecular flexibility index (Phi) is 6.48. The average molecular weight is 483 g/mol. The quantitative estimate of drug-likeness (QED) is 0.335. The Balaban J connectivity index is 1.74. The first-order chi connectivity index (χ1) is 16.2. The Labute approximate surface area is 198 Å². The van der Waals surface area contributed by atoms with Gasteiger partial charge in [-0.25, -0.2) is 4.79 Å². The van der Waals surface area contributed by atoms with E-state index in [1.165, 1.54) is 24.4 Å². The lowest BCUT2D eigenvalue weighted by atomic mass is 10.0. The summed E-state index contributed by atoms with van der Waals surface area (Å²) in [5, 5.41) is 14.6. The molecule has 0 spiro atoms. The highest BCUT2D eigenvalue weighted by Gasteiger charge is 2.43. The fourth-order valence-corrected chi connectivity index (χ4v) is 3.82. The van der Waals surface area contributed by atoms with Crippen LogP contribution < -0.4 is 10.6 Å². The molecule has 0 radical (unpaired) electrons. The van der Waals surface area contributed by atoms with E-state index in [2.05, 4.69) is 10.6 Å². The van der Waals surface area contributed by atoms with Gasteiger partial charge in [-0.3, -0.25) is 0 Å².